The largest absolute Gasteiger partial charge is 0.435 e. The van der Waals surface area contributed by atoms with Crippen LogP contribution in [0.5, 0.6) is 0 Å². The topological polar surface area (TPSA) is 83.8 Å². The van der Waals surface area contributed by atoms with E-state index in [-0.39, 0.29) is 5.91 Å². The number of hydrogen-bond donors (Lipinski definition) is 2. The third kappa shape index (κ3) is 3.26. The van der Waals surface area contributed by atoms with Crippen molar-refractivity contribution in [1.29, 1.82) is 0 Å². The number of aryl methyl sites for hydroxylation is 3. The number of carbonyl (C=O) groups is 1. The second kappa shape index (κ2) is 6.24. The number of imidazole rings is 1. The smallest absolute Gasteiger partial charge is 0.289 e. The normalized spacial score (nSPS) is 11.1. The Labute approximate surface area is 134 Å². The average molecular weight is 312 g/mol. The van der Waals surface area contributed by atoms with Crippen LogP contribution in [0.25, 0.3) is 11.0 Å². The maximum atomic E-state index is 12.1. The monoisotopic (exact) mass is 312 g/mol. The number of nitrogens with one attached hydrogen (secondary N) is 2. The Morgan fingerprint density at radius 2 is 2.13 bits per heavy atom. The number of aromatic amines is 1. The van der Waals surface area contributed by atoms with Gasteiger partial charge in [0.05, 0.1) is 16.7 Å². The van der Waals surface area contributed by atoms with Gasteiger partial charge in [0.1, 0.15) is 5.82 Å². The molecule has 0 fully saturated rings. The number of amides is 1. The molecule has 3 aromatic rings. The summed E-state index contributed by atoms with van der Waals surface area (Å²) >= 11 is 0. The highest BCUT2D eigenvalue weighted by Gasteiger charge is 2.16. The molecule has 0 saturated heterocycles. The van der Waals surface area contributed by atoms with Gasteiger partial charge in [0.25, 0.3) is 5.91 Å². The lowest BCUT2D eigenvalue weighted by molar-refractivity contribution is 0.0924. The van der Waals surface area contributed by atoms with Gasteiger partial charge in [-0.2, -0.15) is 0 Å². The zero-order chi connectivity index (χ0) is 16.4. The first kappa shape index (κ1) is 15.3. The summed E-state index contributed by atoms with van der Waals surface area (Å²) in [6.45, 7) is 6.25. The molecule has 2 N–H and O–H groups in total. The highest BCUT2D eigenvalue weighted by Crippen LogP contribution is 2.13. The Bertz CT molecular complexity index is 848. The first-order valence-electron chi connectivity index (χ1n) is 7.76. The lowest BCUT2D eigenvalue weighted by atomic mass is 10.2. The molecule has 120 valence electrons. The quantitative estimate of drug-likeness (QED) is 0.758. The summed E-state index contributed by atoms with van der Waals surface area (Å²) in [6, 6.07) is 6.09. The van der Waals surface area contributed by atoms with Crippen molar-refractivity contribution in [3.63, 3.8) is 0 Å². The van der Waals surface area contributed by atoms with Crippen molar-refractivity contribution in [2.45, 2.75) is 33.6 Å². The maximum Gasteiger partial charge on any atom is 0.289 e. The summed E-state index contributed by atoms with van der Waals surface area (Å²) in [7, 11) is 0. The molecule has 23 heavy (non-hydrogen) atoms. The third-order valence-corrected chi connectivity index (χ3v) is 3.68. The van der Waals surface area contributed by atoms with Gasteiger partial charge < -0.3 is 14.7 Å². The predicted octanol–water partition coefficient (Wildman–Crippen LogP) is 2.70. The van der Waals surface area contributed by atoms with Gasteiger partial charge in [-0.25, -0.2) is 9.97 Å². The molecular formula is C17H20N4O2. The van der Waals surface area contributed by atoms with Crippen LogP contribution in [0.4, 0.5) is 0 Å². The molecule has 0 aliphatic heterocycles. The molecule has 0 bridgehead atoms. The molecule has 0 spiro atoms. The minimum atomic E-state index is -0.235. The van der Waals surface area contributed by atoms with Crippen molar-refractivity contribution >= 4 is 16.9 Å². The molecule has 1 aromatic carbocycles. The minimum absolute atomic E-state index is 0.235. The number of nitrogens with zero attached hydrogens (tertiary/aromatic N) is 2. The van der Waals surface area contributed by atoms with E-state index in [2.05, 4.69) is 26.3 Å². The van der Waals surface area contributed by atoms with Gasteiger partial charge in [0.15, 0.2) is 5.89 Å². The second-order valence-electron chi connectivity index (χ2n) is 5.59. The van der Waals surface area contributed by atoms with Gasteiger partial charge in [-0.3, -0.25) is 4.79 Å². The molecule has 3 rings (SSSR count). The fourth-order valence-electron chi connectivity index (χ4n) is 2.48. The summed E-state index contributed by atoms with van der Waals surface area (Å²) in [5.74, 6) is 1.50. The van der Waals surface area contributed by atoms with E-state index in [9.17, 15) is 4.79 Å². The Balaban J connectivity index is 1.61. The Hall–Kier alpha value is -2.63. The first-order valence-corrected chi connectivity index (χ1v) is 7.76. The molecule has 6 nitrogen and oxygen atoms in total. The number of aromatic nitrogens is 3. The van der Waals surface area contributed by atoms with Crippen LogP contribution in [0.1, 0.15) is 40.5 Å². The third-order valence-electron chi connectivity index (χ3n) is 3.68. The lowest BCUT2D eigenvalue weighted by Crippen LogP contribution is -2.26. The molecule has 0 unspecified atom stereocenters. The molecule has 0 atom stereocenters. The van der Waals surface area contributed by atoms with E-state index in [1.54, 1.807) is 6.92 Å². The van der Waals surface area contributed by atoms with Crippen LogP contribution in [0, 0.1) is 13.8 Å². The SMILES string of the molecule is CCc1nc(C)c(C(=O)NCCc2nc3ccc(C)cc3[nH]2)o1. The van der Waals surface area contributed by atoms with E-state index in [1.165, 1.54) is 5.56 Å². The Kier molecular flexibility index (Phi) is 4.14. The van der Waals surface area contributed by atoms with Gasteiger partial charge in [-0.05, 0) is 31.5 Å². The Morgan fingerprint density at radius 3 is 2.87 bits per heavy atom. The van der Waals surface area contributed by atoms with Crippen LogP contribution in [0.3, 0.4) is 0 Å². The van der Waals surface area contributed by atoms with Gasteiger partial charge in [-0.15, -0.1) is 0 Å². The molecule has 0 saturated carbocycles. The molecule has 0 radical (unpaired) electrons. The second-order valence-corrected chi connectivity index (χ2v) is 5.59. The number of H-pyrrole nitrogens is 1. The number of benzene rings is 1. The lowest BCUT2D eigenvalue weighted by Gasteiger charge is -2.01. The van der Waals surface area contributed by atoms with Crippen LogP contribution < -0.4 is 5.32 Å². The number of oxazole rings is 1. The number of hydrogen-bond acceptors (Lipinski definition) is 4. The van der Waals surface area contributed by atoms with Crippen LogP contribution in [-0.2, 0) is 12.8 Å². The number of rotatable bonds is 5. The van der Waals surface area contributed by atoms with Gasteiger partial charge in [-0.1, -0.05) is 13.0 Å². The van der Waals surface area contributed by atoms with Crippen molar-refractivity contribution in [3.05, 3.63) is 46.9 Å². The molecule has 1 amide bonds. The van der Waals surface area contributed by atoms with Crippen LogP contribution in [0.15, 0.2) is 22.6 Å². The van der Waals surface area contributed by atoms with Crippen molar-refractivity contribution in [2.24, 2.45) is 0 Å². The highest BCUT2D eigenvalue weighted by molar-refractivity contribution is 5.92. The van der Waals surface area contributed by atoms with Crippen LogP contribution in [0.2, 0.25) is 0 Å². The summed E-state index contributed by atoms with van der Waals surface area (Å²) in [5, 5.41) is 2.85. The van der Waals surface area contributed by atoms with E-state index in [4.69, 9.17) is 4.42 Å². The Morgan fingerprint density at radius 1 is 1.30 bits per heavy atom. The molecule has 0 aliphatic rings. The molecule has 2 heterocycles. The minimum Gasteiger partial charge on any atom is -0.435 e. The van der Waals surface area contributed by atoms with Crippen molar-refractivity contribution in [1.82, 2.24) is 20.3 Å². The summed E-state index contributed by atoms with van der Waals surface area (Å²) in [5.41, 5.74) is 3.77. The zero-order valence-electron chi connectivity index (χ0n) is 13.6. The summed E-state index contributed by atoms with van der Waals surface area (Å²) in [6.07, 6.45) is 1.31. The van der Waals surface area contributed by atoms with Crippen molar-refractivity contribution in [2.75, 3.05) is 6.54 Å². The predicted molar refractivity (Wildman–Crippen MR) is 87.5 cm³/mol. The van der Waals surface area contributed by atoms with Gasteiger partial charge >= 0.3 is 0 Å². The fraction of sp³-hybridized carbons (Fsp3) is 0.353. The van der Waals surface area contributed by atoms with Crippen LogP contribution in [-0.4, -0.2) is 27.4 Å². The highest BCUT2D eigenvalue weighted by atomic mass is 16.4. The average Bonchev–Trinajstić information content (AvgIpc) is 3.09. The summed E-state index contributed by atoms with van der Waals surface area (Å²) < 4.78 is 5.44. The maximum absolute atomic E-state index is 12.1. The van der Waals surface area contributed by atoms with E-state index in [0.717, 1.165) is 16.9 Å². The molecule has 6 heteroatoms. The van der Waals surface area contributed by atoms with Crippen LogP contribution >= 0.6 is 0 Å². The van der Waals surface area contributed by atoms with Gasteiger partial charge in [0.2, 0.25) is 5.76 Å². The first-order chi connectivity index (χ1) is 11.1. The summed E-state index contributed by atoms with van der Waals surface area (Å²) in [4.78, 5) is 24.1. The number of fused-ring (bicyclic) bond motifs is 1. The van der Waals surface area contributed by atoms with Crippen molar-refractivity contribution in [3.8, 4) is 0 Å². The zero-order valence-corrected chi connectivity index (χ0v) is 13.6. The van der Waals surface area contributed by atoms with E-state index in [0.29, 0.717) is 36.7 Å². The van der Waals surface area contributed by atoms with E-state index >= 15 is 0 Å². The molecular weight excluding hydrogens is 292 g/mol. The van der Waals surface area contributed by atoms with Gasteiger partial charge in [0, 0.05) is 19.4 Å². The standard InChI is InChI=1S/C17H20N4O2/c1-4-15-19-11(3)16(23-15)17(22)18-8-7-14-20-12-6-5-10(2)9-13(12)21-14/h5-6,9H,4,7-8H2,1-3H3,(H,18,22)(H,20,21). The van der Waals surface area contributed by atoms with Crippen molar-refractivity contribution < 1.29 is 9.21 Å². The number of carbonyl (C=O) groups excluding carboxylic acids is 1. The fourth-order valence-corrected chi connectivity index (χ4v) is 2.48. The molecule has 0 aliphatic carbocycles. The van der Waals surface area contributed by atoms with E-state index < -0.39 is 0 Å². The van der Waals surface area contributed by atoms with E-state index in [1.807, 2.05) is 26.0 Å². The molecule has 2 aromatic heterocycles.